The average Bonchev–Trinajstić information content (AvgIpc) is 3.01. The van der Waals surface area contributed by atoms with Crippen LogP contribution in [0.1, 0.15) is 42.4 Å². The number of ether oxygens (including phenoxy) is 1. The summed E-state index contributed by atoms with van der Waals surface area (Å²) in [5, 5.41) is 15.0. The van der Waals surface area contributed by atoms with Crippen molar-refractivity contribution < 1.29 is 19.4 Å². The van der Waals surface area contributed by atoms with Crippen LogP contribution < -0.4 is 5.32 Å². The van der Waals surface area contributed by atoms with Crippen LogP contribution in [0.5, 0.6) is 0 Å². The Labute approximate surface area is 145 Å². The third-order valence-corrected chi connectivity index (χ3v) is 5.78. The Morgan fingerprint density at radius 2 is 2.12 bits per heavy atom. The van der Waals surface area contributed by atoms with E-state index in [4.69, 9.17) is 9.84 Å². The van der Waals surface area contributed by atoms with Crippen LogP contribution in [0.2, 0.25) is 0 Å². The van der Waals surface area contributed by atoms with Crippen molar-refractivity contribution in [2.24, 2.45) is 5.92 Å². The van der Waals surface area contributed by atoms with E-state index in [1.54, 1.807) is 16.2 Å². The summed E-state index contributed by atoms with van der Waals surface area (Å²) < 4.78 is 5.54. The number of carboxylic acid groups (broad SMARTS) is 1. The molecule has 2 aliphatic rings. The molecule has 1 aliphatic heterocycles. The van der Waals surface area contributed by atoms with Gasteiger partial charge in [0.2, 0.25) is 0 Å². The minimum atomic E-state index is -0.729. The van der Waals surface area contributed by atoms with Gasteiger partial charge in [0.25, 0.3) is 0 Å². The predicted molar refractivity (Wildman–Crippen MR) is 89.0 cm³/mol. The summed E-state index contributed by atoms with van der Waals surface area (Å²) in [6.07, 6.45) is 2.68. The van der Waals surface area contributed by atoms with E-state index in [0.717, 1.165) is 10.7 Å². The number of carboxylic acids is 1. The fourth-order valence-corrected chi connectivity index (χ4v) is 4.21. The number of hydrogen-bond donors (Lipinski definition) is 2. The van der Waals surface area contributed by atoms with E-state index in [9.17, 15) is 9.59 Å². The number of hydrogen-bond acceptors (Lipinski definition) is 5. The summed E-state index contributed by atoms with van der Waals surface area (Å²) in [5.74, 6) is -1.00. The number of nitrogens with one attached hydrogen (secondary N) is 1. The number of morpholine rings is 1. The number of aromatic nitrogens is 1. The van der Waals surface area contributed by atoms with E-state index in [1.807, 2.05) is 12.3 Å². The Hall–Kier alpha value is -1.67. The summed E-state index contributed by atoms with van der Waals surface area (Å²) in [6, 6.07) is -0.197. The van der Waals surface area contributed by atoms with E-state index in [-0.39, 0.29) is 24.0 Å². The predicted octanol–water partition coefficient (Wildman–Crippen LogP) is 2.18. The highest BCUT2D eigenvalue weighted by Crippen LogP contribution is 2.28. The van der Waals surface area contributed by atoms with Gasteiger partial charge in [-0.15, -0.1) is 11.3 Å². The maximum atomic E-state index is 12.7. The van der Waals surface area contributed by atoms with Crippen LogP contribution in [-0.2, 0) is 9.53 Å². The molecule has 132 valence electrons. The molecule has 2 N–H and O–H groups in total. The van der Waals surface area contributed by atoms with Gasteiger partial charge < -0.3 is 20.1 Å². The molecule has 1 atom stereocenters. The van der Waals surface area contributed by atoms with E-state index in [1.165, 1.54) is 0 Å². The number of carbonyl (C=O) groups excluding carboxylic acids is 1. The van der Waals surface area contributed by atoms with Crippen molar-refractivity contribution in [1.29, 1.82) is 0 Å². The van der Waals surface area contributed by atoms with Crippen LogP contribution in [0.3, 0.4) is 0 Å². The Morgan fingerprint density at radius 1 is 1.38 bits per heavy atom. The van der Waals surface area contributed by atoms with Gasteiger partial charge >= 0.3 is 12.0 Å². The number of carbonyl (C=O) groups is 2. The Bertz CT molecular complexity index is 598. The van der Waals surface area contributed by atoms with Gasteiger partial charge in [0, 0.05) is 23.7 Å². The van der Waals surface area contributed by atoms with E-state index in [2.05, 4.69) is 10.3 Å². The van der Waals surface area contributed by atoms with Crippen LogP contribution in [-0.4, -0.2) is 52.8 Å². The monoisotopic (exact) mass is 353 g/mol. The molecule has 0 bridgehead atoms. The summed E-state index contributed by atoms with van der Waals surface area (Å²) in [6.45, 7) is 3.47. The lowest BCUT2D eigenvalue weighted by Gasteiger charge is -2.36. The molecule has 7 nitrogen and oxygen atoms in total. The van der Waals surface area contributed by atoms with Crippen molar-refractivity contribution in [2.45, 2.75) is 44.7 Å². The molecule has 0 aromatic carbocycles. The van der Waals surface area contributed by atoms with Gasteiger partial charge in [0.15, 0.2) is 0 Å². The first-order chi connectivity index (χ1) is 11.5. The third kappa shape index (κ3) is 3.87. The van der Waals surface area contributed by atoms with Crippen molar-refractivity contribution in [3.05, 3.63) is 16.1 Å². The first-order valence-electron chi connectivity index (χ1n) is 8.34. The highest BCUT2D eigenvalue weighted by molar-refractivity contribution is 7.09. The molecule has 2 amide bonds. The van der Waals surface area contributed by atoms with Gasteiger partial charge in [0.1, 0.15) is 11.0 Å². The lowest BCUT2D eigenvalue weighted by atomic mass is 9.86. The summed E-state index contributed by atoms with van der Waals surface area (Å²) in [5.41, 5.74) is 0.952. The molecule has 1 saturated carbocycles. The lowest BCUT2D eigenvalue weighted by Crippen LogP contribution is -2.51. The summed E-state index contributed by atoms with van der Waals surface area (Å²) in [4.78, 5) is 30.0. The molecule has 1 aromatic rings. The Morgan fingerprint density at radius 3 is 2.75 bits per heavy atom. The zero-order valence-electron chi connectivity index (χ0n) is 13.7. The van der Waals surface area contributed by atoms with Gasteiger partial charge in [-0.1, -0.05) is 0 Å². The van der Waals surface area contributed by atoms with Crippen molar-refractivity contribution in [3.63, 3.8) is 0 Å². The zero-order valence-corrected chi connectivity index (χ0v) is 14.6. The standard InChI is InChI=1S/C16H23N3O4S/c1-10-9-24-14(17-10)13-8-23-7-6-19(13)16(22)18-12-4-2-11(3-5-12)15(20)21/h9,11-13H,2-8H2,1H3,(H,18,22)(H,20,21). The first-order valence-corrected chi connectivity index (χ1v) is 9.22. The van der Waals surface area contributed by atoms with E-state index < -0.39 is 5.97 Å². The smallest absolute Gasteiger partial charge is 0.318 e. The molecule has 2 heterocycles. The second kappa shape index (κ2) is 7.48. The van der Waals surface area contributed by atoms with Crippen LogP contribution in [0.25, 0.3) is 0 Å². The number of amides is 2. The Balaban J connectivity index is 1.60. The zero-order chi connectivity index (χ0) is 17.1. The fourth-order valence-electron chi connectivity index (χ4n) is 3.32. The van der Waals surface area contributed by atoms with Crippen molar-refractivity contribution >= 4 is 23.3 Å². The normalized spacial score (nSPS) is 27.7. The quantitative estimate of drug-likeness (QED) is 0.869. The number of urea groups is 1. The van der Waals surface area contributed by atoms with Crippen molar-refractivity contribution in [3.8, 4) is 0 Å². The molecule has 24 heavy (non-hydrogen) atoms. The second-order valence-electron chi connectivity index (χ2n) is 6.45. The molecule has 0 radical (unpaired) electrons. The van der Waals surface area contributed by atoms with Gasteiger partial charge in [-0.05, 0) is 32.6 Å². The molecule has 1 aliphatic carbocycles. The molecule has 1 aromatic heterocycles. The second-order valence-corrected chi connectivity index (χ2v) is 7.34. The van der Waals surface area contributed by atoms with Crippen LogP contribution in [0.4, 0.5) is 4.79 Å². The molecule has 1 saturated heterocycles. The van der Waals surface area contributed by atoms with Gasteiger partial charge in [-0.3, -0.25) is 4.79 Å². The maximum Gasteiger partial charge on any atom is 0.318 e. The maximum absolute atomic E-state index is 12.7. The van der Waals surface area contributed by atoms with Crippen LogP contribution >= 0.6 is 11.3 Å². The van der Waals surface area contributed by atoms with Crippen molar-refractivity contribution in [2.75, 3.05) is 19.8 Å². The number of rotatable bonds is 3. The van der Waals surface area contributed by atoms with Crippen molar-refractivity contribution in [1.82, 2.24) is 15.2 Å². The number of aliphatic carboxylic acids is 1. The molecular formula is C16H23N3O4S. The number of nitrogens with zero attached hydrogens (tertiary/aromatic N) is 2. The average molecular weight is 353 g/mol. The summed E-state index contributed by atoms with van der Waals surface area (Å²) in [7, 11) is 0. The van der Waals surface area contributed by atoms with Crippen LogP contribution in [0, 0.1) is 12.8 Å². The minimum Gasteiger partial charge on any atom is -0.481 e. The number of aryl methyl sites for hydroxylation is 1. The van der Waals surface area contributed by atoms with Gasteiger partial charge in [-0.2, -0.15) is 0 Å². The molecule has 8 heteroatoms. The molecule has 3 rings (SSSR count). The molecular weight excluding hydrogens is 330 g/mol. The SMILES string of the molecule is Cc1csc(C2COCCN2C(=O)NC2CCC(C(=O)O)CC2)n1. The largest absolute Gasteiger partial charge is 0.481 e. The topological polar surface area (TPSA) is 91.8 Å². The lowest BCUT2D eigenvalue weighted by molar-refractivity contribution is -0.142. The Kier molecular flexibility index (Phi) is 5.35. The number of thiazole rings is 1. The first kappa shape index (κ1) is 17.2. The highest BCUT2D eigenvalue weighted by Gasteiger charge is 2.33. The molecule has 2 fully saturated rings. The van der Waals surface area contributed by atoms with Gasteiger partial charge in [-0.25, -0.2) is 9.78 Å². The minimum absolute atomic E-state index is 0.0506. The summed E-state index contributed by atoms with van der Waals surface area (Å²) >= 11 is 1.55. The third-order valence-electron chi connectivity index (χ3n) is 4.72. The van der Waals surface area contributed by atoms with Gasteiger partial charge in [0.05, 0.1) is 19.1 Å². The van der Waals surface area contributed by atoms with E-state index in [0.29, 0.717) is 45.4 Å². The molecule has 1 unspecified atom stereocenters. The van der Waals surface area contributed by atoms with Crippen LogP contribution in [0.15, 0.2) is 5.38 Å². The highest BCUT2D eigenvalue weighted by atomic mass is 32.1. The fraction of sp³-hybridized carbons (Fsp3) is 0.688. The molecule has 0 spiro atoms. The van der Waals surface area contributed by atoms with E-state index >= 15 is 0 Å².